The van der Waals surface area contributed by atoms with Crippen LogP contribution in [0.3, 0.4) is 0 Å². The standard InChI is InChI=1S/C28H35FN2O5S2/c1-4-6-7-8-9-10-11-18-36-25-19-21(12-17-24(25)35-3)20-26-27(32)31(5-2)28(37-26)30-38(33,34)23-15-13-22(29)14-16-23/h12-17,19-20H,4-11,18H2,1-3H3/b26-20-,30-28?. The highest BCUT2D eigenvalue weighted by Crippen LogP contribution is 2.35. The van der Waals surface area contributed by atoms with Gasteiger partial charge in [-0.25, -0.2) is 4.39 Å². The third-order valence-electron chi connectivity index (χ3n) is 6.00. The summed E-state index contributed by atoms with van der Waals surface area (Å²) in [6.07, 6.45) is 9.97. The fourth-order valence-electron chi connectivity index (χ4n) is 3.91. The predicted octanol–water partition coefficient (Wildman–Crippen LogP) is 6.64. The molecule has 2 aromatic carbocycles. The Morgan fingerprint density at radius 3 is 2.32 bits per heavy atom. The van der Waals surface area contributed by atoms with Gasteiger partial charge in [0.1, 0.15) is 5.82 Å². The van der Waals surface area contributed by atoms with Crippen LogP contribution >= 0.6 is 11.8 Å². The van der Waals surface area contributed by atoms with E-state index < -0.39 is 15.8 Å². The maximum absolute atomic E-state index is 13.2. The number of ether oxygens (including phenoxy) is 2. The van der Waals surface area contributed by atoms with E-state index in [0.717, 1.165) is 54.4 Å². The first kappa shape index (κ1) is 29.7. The number of hydrogen-bond donors (Lipinski definition) is 0. The number of hydrogen-bond acceptors (Lipinski definition) is 6. The van der Waals surface area contributed by atoms with Crippen LogP contribution in [0, 0.1) is 5.82 Å². The number of carbonyl (C=O) groups is 1. The molecule has 7 nitrogen and oxygen atoms in total. The van der Waals surface area contributed by atoms with Crippen LogP contribution in [0.2, 0.25) is 0 Å². The molecule has 3 rings (SSSR count). The van der Waals surface area contributed by atoms with Gasteiger partial charge in [-0.2, -0.15) is 8.42 Å². The molecule has 0 aliphatic carbocycles. The monoisotopic (exact) mass is 562 g/mol. The Kier molecular flexibility index (Phi) is 11.2. The first-order chi connectivity index (χ1) is 18.3. The van der Waals surface area contributed by atoms with Crippen LogP contribution in [-0.2, 0) is 14.8 Å². The van der Waals surface area contributed by atoms with Gasteiger partial charge in [-0.1, -0.05) is 51.5 Å². The first-order valence-electron chi connectivity index (χ1n) is 12.9. The van der Waals surface area contributed by atoms with Crippen molar-refractivity contribution in [3.63, 3.8) is 0 Å². The molecule has 0 unspecified atom stereocenters. The summed E-state index contributed by atoms with van der Waals surface area (Å²) in [5, 5.41) is 0.0528. The SMILES string of the molecule is CCCCCCCCCOc1cc(/C=C2\SC(=NS(=O)(=O)c3ccc(F)cc3)N(CC)C2=O)ccc1OC. The molecule has 0 aromatic heterocycles. The van der Waals surface area contributed by atoms with E-state index in [-0.39, 0.29) is 22.5 Å². The largest absolute Gasteiger partial charge is 0.493 e. The van der Waals surface area contributed by atoms with Gasteiger partial charge < -0.3 is 9.47 Å². The highest BCUT2D eigenvalue weighted by atomic mass is 32.2. The number of rotatable bonds is 14. The van der Waals surface area contributed by atoms with Crippen LogP contribution in [0.1, 0.15) is 64.4 Å². The lowest BCUT2D eigenvalue weighted by molar-refractivity contribution is -0.122. The Balaban J connectivity index is 1.73. The number of halogens is 1. The number of nitrogens with zero attached hydrogens (tertiary/aromatic N) is 2. The highest BCUT2D eigenvalue weighted by Gasteiger charge is 2.34. The van der Waals surface area contributed by atoms with Gasteiger partial charge in [-0.3, -0.25) is 9.69 Å². The zero-order valence-corrected chi connectivity index (χ0v) is 23.7. The molecule has 1 amide bonds. The molecule has 38 heavy (non-hydrogen) atoms. The lowest BCUT2D eigenvalue weighted by Crippen LogP contribution is -2.29. The predicted molar refractivity (Wildman–Crippen MR) is 150 cm³/mol. The third kappa shape index (κ3) is 8.07. The molecule has 1 aliphatic heterocycles. The van der Waals surface area contributed by atoms with E-state index in [0.29, 0.717) is 23.0 Å². The van der Waals surface area contributed by atoms with E-state index >= 15 is 0 Å². The summed E-state index contributed by atoms with van der Waals surface area (Å²) in [5.41, 5.74) is 0.718. The van der Waals surface area contributed by atoms with E-state index in [4.69, 9.17) is 9.47 Å². The number of likely N-dealkylation sites (N-methyl/N-ethyl adjacent to an activating group) is 1. The molecule has 1 fully saturated rings. The van der Waals surface area contributed by atoms with Crippen LogP contribution in [0.4, 0.5) is 4.39 Å². The zero-order chi connectivity index (χ0) is 27.5. The van der Waals surface area contributed by atoms with Gasteiger partial charge in [-0.05, 0) is 73.1 Å². The average molecular weight is 563 g/mol. The fourth-order valence-corrected chi connectivity index (χ4v) is 6.15. The van der Waals surface area contributed by atoms with E-state index in [1.165, 1.54) is 37.0 Å². The molecule has 1 heterocycles. The van der Waals surface area contributed by atoms with Crippen LogP contribution < -0.4 is 9.47 Å². The number of benzene rings is 2. The summed E-state index contributed by atoms with van der Waals surface area (Å²) in [6, 6.07) is 9.80. The number of methoxy groups -OCH3 is 1. The summed E-state index contributed by atoms with van der Waals surface area (Å²) < 4.78 is 54.0. The Hall–Kier alpha value is -2.85. The summed E-state index contributed by atoms with van der Waals surface area (Å²) in [4.78, 5) is 14.5. The van der Waals surface area contributed by atoms with Gasteiger partial charge in [0.2, 0.25) is 0 Å². The van der Waals surface area contributed by atoms with Crippen LogP contribution in [0.25, 0.3) is 6.08 Å². The van der Waals surface area contributed by atoms with Gasteiger partial charge in [-0.15, -0.1) is 4.40 Å². The summed E-state index contributed by atoms with van der Waals surface area (Å²) in [5.74, 6) is 0.298. The molecular weight excluding hydrogens is 527 g/mol. The molecule has 2 aromatic rings. The van der Waals surface area contributed by atoms with Gasteiger partial charge in [0, 0.05) is 6.54 Å². The lowest BCUT2D eigenvalue weighted by atomic mass is 10.1. The van der Waals surface area contributed by atoms with E-state index in [9.17, 15) is 17.6 Å². The van der Waals surface area contributed by atoms with Crippen LogP contribution in [0.15, 0.2) is 56.7 Å². The maximum atomic E-state index is 13.2. The summed E-state index contributed by atoms with van der Waals surface area (Å²) >= 11 is 0.981. The van der Waals surface area contributed by atoms with Gasteiger partial charge in [0.05, 0.1) is 23.5 Å². The van der Waals surface area contributed by atoms with Gasteiger partial charge in [0.25, 0.3) is 15.9 Å². The normalized spacial score (nSPS) is 16.0. The highest BCUT2D eigenvalue weighted by molar-refractivity contribution is 8.19. The number of amides is 1. The molecule has 206 valence electrons. The van der Waals surface area contributed by atoms with Gasteiger partial charge in [0.15, 0.2) is 16.7 Å². The van der Waals surface area contributed by atoms with Crippen molar-refractivity contribution in [1.82, 2.24) is 4.90 Å². The average Bonchev–Trinajstić information content (AvgIpc) is 3.18. The molecule has 0 bridgehead atoms. The molecule has 0 saturated carbocycles. The zero-order valence-electron chi connectivity index (χ0n) is 22.1. The molecule has 0 N–H and O–H groups in total. The Morgan fingerprint density at radius 1 is 0.974 bits per heavy atom. The first-order valence-corrected chi connectivity index (χ1v) is 15.2. The minimum absolute atomic E-state index is 0.0528. The smallest absolute Gasteiger partial charge is 0.284 e. The third-order valence-corrected chi connectivity index (χ3v) is 8.41. The number of carbonyl (C=O) groups excluding carboxylic acids is 1. The Morgan fingerprint density at radius 2 is 1.66 bits per heavy atom. The number of unbranched alkanes of at least 4 members (excludes halogenated alkanes) is 6. The molecular formula is C28H35FN2O5S2. The molecule has 1 aliphatic rings. The van der Waals surface area contributed by atoms with Crippen molar-refractivity contribution >= 4 is 38.9 Å². The summed E-state index contributed by atoms with van der Waals surface area (Å²) in [7, 11) is -2.54. The topological polar surface area (TPSA) is 85.3 Å². The van der Waals surface area contributed by atoms with Crippen molar-refractivity contribution in [1.29, 1.82) is 0 Å². The minimum Gasteiger partial charge on any atom is -0.493 e. The van der Waals surface area contributed by atoms with Gasteiger partial charge >= 0.3 is 0 Å². The van der Waals surface area contributed by atoms with Crippen LogP contribution in [-0.4, -0.2) is 44.7 Å². The fraction of sp³-hybridized carbons (Fsp3) is 0.429. The molecule has 1 saturated heterocycles. The van der Waals surface area contributed by atoms with Crippen molar-refractivity contribution in [2.75, 3.05) is 20.3 Å². The molecule has 10 heteroatoms. The molecule has 0 spiro atoms. The molecule has 0 atom stereocenters. The van der Waals surface area contributed by atoms with E-state index in [2.05, 4.69) is 11.3 Å². The summed E-state index contributed by atoms with van der Waals surface area (Å²) in [6.45, 7) is 4.76. The lowest BCUT2D eigenvalue weighted by Gasteiger charge is -2.12. The second kappa shape index (κ2) is 14.3. The molecule has 0 radical (unpaired) electrons. The number of sulfonamides is 1. The Bertz CT molecular complexity index is 1260. The van der Waals surface area contributed by atoms with Crippen molar-refractivity contribution in [2.45, 2.75) is 63.7 Å². The van der Waals surface area contributed by atoms with E-state index in [1.807, 2.05) is 6.07 Å². The maximum Gasteiger partial charge on any atom is 0.284 e. The number of thioether (sulfide) groups is 1. The Labute approximate surface area is 229 Å². The quantitative estimate of drug-likeness (QED) is 0.189. The second-order valence-corrected chi connectivity index (χ2v) is 11.5. The van der Waals surface area contributed by atoms with E-state index in [1.54, 1.807) is 32.2 Å². The second-order valence-electron chi connectivity index (χ2n) is 8.84. The van der Waals surface area contributed by atoms with Crippen molar-refractivity contribution in [2.24, 2.45) is 4.40 Å². The minimum atomic E-state index is -4.12. The van der Waals surface area contributed by atoms with Crippen molar-refractivity contribution in [3.8, 4) is 11.5 Å². The van der Waals surface area contributed by atoms with Crippen molar-refractivity contribution in [3.05, 3.63) is 58.8 Å². The van der Waals surface area contributed by atoms with Crippen LogP contribution in [0.5, 0.6) is 11.5 Å². The number of amidine groups is 1. The van der Waals surface area contributed by atoms with Crippen molar-refractivity contribution < 1.29 is 27.1 Å².